The molecule has 36 heteroatoms. The van der Waals surface area contributed by atoms with Gasteiger partial charge in [0, 0.05) is 97.7 Å². The molecule has 2 bridgehead atoms. The summed E-state index contributed by atoms with van der Waals surface area (Å²) in [5.74, 6) is 8.10. The lowest BCUT2D eigenvalue weighted by Gasteiger charge is -2.47. The van der Waals surface area contributed by atoms with Crippen LogP contribution in [-0.4, -0.2) is 260 Å². The van der Waals surface area contributed by atoms with E-state index in [4.69, 9.17) is 61.8 Å². The van der Waals surface area contributed by atoms with E-state index in [9.17, 15) is 69.3 Å². The molecule has 9 rings (SSSR count). The van der Waals surface area contributed by atoms with Gasteiger partial charge in [-0.15, -0.1) is 5.06 Å². The third-order valence-electron chi connectivity index (χ3n) is 20.4. The molecule has 2 aromatic carbocycles. The number of carbonyl (C=O) groups excluding carboxylic acids is 7. The van der Waals surface area contributed by atoms with Gasteiger partial charge in [0.05, 0.1) is 122 Å². The van der Waals surface area contributed by atoms with E-state index < -0.39 is 161 Å². The second-order valence-corrected chi connectivity index (χ2v) is 34.3. The SMILES string of the molecule is C=C(CC1=C2/C(=C\CSSC(C)(C)CC(=O)N/N=C(\C)c3ccc(OCCCC(=O)ON4C(=O)CCC4=O)cc3)[C@](O)(C#C/C=C\C#C[C@@H]2OC2OC(C)C(NOC3CC(O)C(SC(=O)c4c(C)c(I)c(OC5OC(C)C(O)C(CO)C5O)c(OC)c4OC)C(C)O3)C(O)C2OC2CC(CO)C(N(CC)C(C)=O)CO2)CC1=O)OC. The number of hydrazone groups is 1. The number of methoxy groups -OCH3 is 3. The van der Waals surface area contributed by atoms with Gasteiger partial charge in [0.1, 0.15) is 30.2 Å². The second kappa shape index (κ2) is 41.8. The molecule has 0 aromatic heterocycles. The summed E-state index contributed by atoms with van der Waals surface area (Å²) >= 11 is 2.76. The van der Waals surface area contributed by atoms with Crippen LogP contribution in [0, 0.1) is 46.0 Å². The molecule has 0 spiro atoms. The molecule has 19 atom stereocenters. The summed E-state index contributed by atoms with van der Waals surface area (Å²) in [7, 11) is 6.79. The molecule has 5 aliphatic heterocycles. The maximum absolute atomic E-state index is 14.7. The van der Waals surface area contributed by atoms with Crippen LogP contribution in [0.5, 0.6) is 23.0 Å². The molecule has 0 saturated carbocycles. The highest BCUT2D eigenvalue weighted by atomic mass is 127. The Morgan fingerprint density at radius 1 is 0.878 bits per heavy atom. The summed E-state index contributed by atoms with van der Waals surface area (Å²) in [6.45, 7) is 18.7. The molecule has 2 aromatic rings. The number of ketones is 1. The van der Waals surface area contributed by atoms with Crippen LogP contribution >= 0.6 is 55.9 Å². The van der Waals surface area contributed by atoms with Crippen LogP contribution < -0.4 is 29.9 Å². The van der Waals surface area contributed by atoms with Crippen LogP contribution in [0.2, 0.25) is 0 Å². The fourth-order valence-electron chi connectivity index (χ4n) is 14.2. The lowest BCUT2D eigenvalue weighted by Crippen LogP contribution is -2.65. The highest BCUT2D eigenvalue weighted by Gasteiger charge is 2.53. The number of ether oxygens (including phenoxy) is 11. The van der Waals surface area contributed by atoms with Crippen LogP contribution in [0.4, 0.5) is 0 Å². The summed E-state index contributed by atoms with van der Waals surface area (Å²) in [5.41, 5.74) is 5.43. The van der Waals surface area contributed by atoms with Crippen LogP contribution in [0.1, 0.15) is 135 Å². The zero-order valence-electron chi connectivity index (χ0n) is 66.0. The first-order valence-corrected chi connectivity index (χ1v) is 41.8. The number of fused-ring (bicyclic) bond motifs is 2. The fraction of sp³-hybridized carbons (Fsp3) is 0.595. The lowest BCUT2D eigenvalue weighted by atomic mass is 9.72. The Kier molecular flexibility index (Phi) is 33.5. The van der Waals surface area contributed by atoms with Crippen molar-refractivity contribution in [1.29, 1.82) is 0 Å². The third-order valence-corrected chi connectivity index (χ3v) is 26.2. The Labute approximate surface area is 693 Å². The zero-order chi connectivity index (χ0) is 83.9. The molecule has 5 saturated heterocycles. The molecular weight excluding hydrogens is 1670 g/mol. The number of rotatable bonds is 34. The van der Waals surface area contributed by atoms with Crippen molar-refractivity contribution < 1.29 is 131 Å². The number of hydrogen-bond donors (Lipinski definition) is 9. The van der Waals surface area contributed by atoms with Gasteiger partial charge in [0.25, 0.3) is 11.8 Å². The van der Waals surface area contributed by atoms with Crippen LogP contribution in [0.25, 0.3) is 0 Å². The summed E-state index contributed by atoms with van der Waals surface area (Å²) in [4.78, 5) is 104. The number of Topliss-reactive ketones (excluding diaryl/α,β-unsaturated/α-hetero) is 1. The summed E-state index contributed by atoms with van der Waals surface area (Å²) in [6.07, 6.45) is -12.7. The summed E-state index contributed by atoms with van der Waals surface area (Å²) < 4.78 is 67.6. The van der Waals surface area contributed by atoms with E-state index in [0.29, 0.717) is 37.8 Å². The largest absolute Gasteiger partial charge is 0.501 e. The molecule has 7 aliphatic rings. The number of thioether (sulfide) groups is 1. The van der Waals surface area contributed by atoms with E-state index in [0.717, 1.165) is 11.8 Å². The number of carbonyl (C=O) groups is 7. The zero-order valence-corrected chi connectivity index (χ0v) is 70.6. The van der Waals surface area contributed by atoms with E-state index in [2.05, 4.69) is 46.3 Å². The van der Waals surface area contributed by atoms with Crippen LogP contribution in [0.15, 0.2) is 76.7 Å². The highest BCUT2D eigenvalue weighted by Crippen LogP contribution is 2.50. The van der Waals surface area contributed by atoms with E-state index in [1.807, 2.05) is 36.4 Å². The van der Waals surface area contributed by atoms with Crippen molar-refractivity contribution in [2.75, 3.05) is 60.1 Å². The van der Waals surface area contributed by atoms with Gasteiger partial charge in [0.2, 0.25) is 29.0 Å². The smallest absolute Gasteiger partial charge is 0.333 e. The van der Waals surface area contributed by atoms with Gasteiger partial charge in [-0.2, -0.15) is 10.6 Å². The number of imide groups is 1. The number of hydrogen-bond acceptors (Lipinski definition) is 32. The fourth-order valence-corrected chi connectivity index (χ4v) is 18.3. The molecule has 115 heavy (non-hydrogen) atoms. The van der Waals surface area contributed by atoms with Gasteiger partial charge >= 0.3 is 5.97 Å². The van der Waals surface area contributed by atoms with Crippen molar-refractivity contribution in [1.82, 2.24) is 20.9 Å². The number of benzene rings is 2. The van der Waals surface area contributed by atoms with Crippen LogP contribution in [0.3, 0.4) is 0 Å². The normalized spacial score (nSPS) is 30.3. The standard InChI is InChI=1S/C79H102IN5O27S3/c1-14-84(46(8)88)53-39-104-61(33-48(53)37-86)109-72-69(97)66(83-111-62-34-54(89)74(45(7)105-62)114-75(98)63-41(3)65(80)71(73(102-13)70(63)101-12)110-76-68(96)51(38-87)67(95)44(6)107-76)43(5)106-77(72)108-56-20-17-15-16-18-29-79(99)35-55(90)50(32-40(2)100-11)64(56)52(79)28-31-113-115-78(9,10)36-57(91)82-81-42(4)47-22-24-49(25-23-47)103-30-19-21-60(94)112-85-58(92)26-27-59(85)93/h15-16,22-25,28,43-45,48,51,53-54,56,61-62,66-69,72,74,76-77,83,86-87,89,95-97,99H,2,14,19,21,26-27,30-39H2,1,3-13H3,(H,82,91)/b16-15-,52-28+,81-42+/t43?,44?,45?,48?,51?,53?,54?,56-,61?,62?,66?,67?,68?,69?,72?,74?,76?,77?,79-/m0/s1. The molecule has 5 heterocycles. The predicted octanol–water partition coefficient (Wildman–Crippen LogP) is 5.08. The first kappa shape index (κ1) is 92.1. The Morgan fingerprint density at radius 2 is 1.57 bits per heavy atom. The first-order valence-electron chi connectivity index (χ1n) is 37.6. The Bertz CT molecular complexity index is 4110. The van der Waals surface area contributed by atoms with Crippen molar-refractivity contribution in [2.24, 2.45) is 16.9 Å². The summed E-state index contributed by atoms with van der Waals surface area (Å²) in [5, 5.41) is 83.5. The molecular formula is C79H102IN5O27S3. The minimum atomic E-state index is -2.14. The average Bonchev–Trinajstić information content (AvgIpc) is 0.997. The molecule has 9 N–H and O–H groups in total. The summed E-state index contributed by atoms with van der Waals surface area (Å²) in [6, 6.07) is 5.18. The number of nitrogens with one attached hydrogen (secondary N) is 2. The molecule has 4 amide bonds. The molecule has 2 aliphatic carbocycles. The number of likely N-dealkylation sites (N-methyl/N-ethyl adjacent to an activating group) is 1. The van der Waals surface area contributed by atoms with Gasteiger partial charge in [-0.3, -0.25) is 33.6 Å². The van der Waals surface area contributed by atoms with Gasteiger partial charge in [-0.05, 0) is 132 Å². The molecule has 5 fully saturated rings. The van der Waals surface area contributed by atoms with Crippen molar-refractivity contribution in [3.63, 3.8) is 0 Å². The van der Waals surface area contributed by atoms with E-state index >= 15 is 0 Å². The monoisotopic (exact) mass is 1780 g/mol. The Hall–Kier alpha value is -6.74. The minimum Gasteiger partial charge on any atom is -0.501 e. The van der Waals surface area contributed by atoms with E-state index in [-0.39, 0.29) is 134 Å². The molecule has 32 nitrogen and oxygen atoms in total. The first-order chi connectivity index (χ1) is 54.7. The second-order valence-electron chi connectivity index (χ2n) is 29.0. The number of nitrogens with zero attached hydrogens (tertiary/aromatic N) is 3. The van der Waals surface area contributed by atoms with Gasteiger partial charge in [-0.1, -0.05) is 69.7 Å². The van der Waals surface area contributed by atoms with Gasteiger partial charge in [0.15, 0.2) is 41.8 Å². The van der Waals surface area contributed by atoms with E-state index in [1.165, 1.54) is 62.0 Å². The minimum absolute atomic E-state index is 0.00378. The number of aliphatic hydroxyl groups excluding tert-OH is 6. The van der Waals surface area contributed by atoms with Gasteiger partial charge in [-0.25, -0.2) is 10.2 Å². The average molecular weight is 1780 g/mol. The third kappa shape index (κ3) is 22.8. The number of amides is 4. The maximum atomic E-state index is 14.7. The molecule has 630 valence electrons. The van der Waals surface area contributed by atoms with Crippen molar-refractivity contribution in [3.05, 3.63) is 91.8 Å². The van der Waals surface area contributed by atoms with Crippen molar-refractivity contribution in [3.8, 4) is 46.7 Å². The Balaban J connectivity index is 0.901. The van der Waals surface area contributed by atoms with Gasteiger partial charge < -0.3 is 97.6 Å². The predicted molar refractivity (Wildman–Crippen MR) is 428 cm³/mol. The number of halogens is 1. The topological polar surface area (TPSA) is 424 Å². The number of hydroxylamine groups is 3. The van der Waals surface area contributed by atoms with E-state index in [1.54, 1.807) is 76.8 Å². The highest BCUT2D eigenvalue weighted by molar-refractivity contribution is 14.1. The van der Waals surface area contributed by atoms with Crippen LogP contribution in [-0.2, 0) is 71.6 Å². The van der Waals surface area contributed by atoms with Crippen molar-refractivity contribution >= 4 is 102 Å². The molecule has 0 radical (unpaired) electrons. The quantitative estimate of drug-likeness (QED) is 0.00645. The maximum Gasteiger partial charge on any atom is 0.333 e. The lowest BCUT2D eigenvalue weighted by molar-refractivity contribution is -0.336. The molecule has 17 unspecified atom stereocenters. The Morgan fingerprint density at radius 3 is 2.23 bits per heavy atom. The number of allylic oxidation sites excluding steroid dienone is 3. The number of aliphatic hydroxyl groups is 7. The van der Waals surface area contributed by atoms with Crippen molar-refractivity contribution in [2.45, 2.75) is 228 Å².